The van der Waals surface area contributed by atoms with Gasteiger partial charge in [-0.15, -0.1) is 5.11 Å². The molecule has 0 bridgehead atoms. The van der Waals surface area contributed by atoms with Crippen molar-refractivity contribution in [3.63, 3.8) is 0 Å². The van der Waals surface area contributed by atoms with Crippen molar-refractivity contribution in [3.8, 4) is 11.5 Å². The largest absolute Gasteiger partial charge is 1.00 e. The first-order chi connectivity index (χ1) is 18.5. The second kappa shape index (κ2) is 13.3. The Kier molecular flexibility index (Phi) is 10.6. The number of carbonyl (C=O) groups is 1. The quantitative estimate of drug-likeness (QED) is 0.175. The summed E-state index contributed by atoms with van der Waals surface area (Å²) in [6.07, 6.45) is 0.312. The van der Waals surface area contributed by atoms with E-state index in [1.54, 1.807) is 56.3 Å². The molecule has 0 aliphatic heterocycles. The normalized spacial score (nSPS) is 11.4. The van der Waals surface area contributed by atoms with Crippen LogP contribution in [0.2, 0.25) is 10.0 Å². The second-order valence-electron chi connectivity index (χ2n) is 8.27. The van der Waals surface area contributed by atoms with Gasteiger partial charge in [0.1, 0.15) is 16.5 Å². The van der Waals surface area contributed by atoms with E-state index in [-0.39, 0.29) is 67.1 Å². The number of hydrogen-bond acceptors (Lipinski definition) is 7. The first-order valence-corrected chi connectivity index (χ1v) is 13.9. The Bertz CT molecular complexity index is 1730. The van der Waals surface area contributed by atoms with E-state index >= 15 is 0 Å². The van der Waals surface area contributed by atoms with E-state index in [1.807, 2.05) is 0 Å². The number of hydrogen-bond donors (Lipinski definition) is 2. The number of rotatable bonds is 8. The maximum Gasteiger partial charge on any atom is 1.00 e. The van der Waals surface area contributed by atoms with E-state index in [4.69, 9.17) is 27.9 Å². The number of benzene rings is 4. The van der Waals surface area contributed by atoms with Crippen LogP contribution in [-0.4, -0.2) is 25.5 Å². The minimum Gasteiger partial charge on any atom is -0.870 e. The molecule has 2 N–H and O–H groups in total. The molecule has 9 nitrogen and oxygen atoms in total. The molecule has 0 aliphatic carbocycles. The standard InChI is InChI=1S/C27H23Cl2N3O6S.Na/c1-3-15-12-17(39(35,36)37)14-20(28)24(15)31-32-25-18-9-6-5-8-16(18)13-19(26(25)33)27(34)30-21-10-7-11-22(23(21)29)38-4-2;/h5-14,33H,3-4H2,1-2H3,(H,30,34)(H,35,36,37);/q;+1/p-1. The minimum absolute atomic E-state index is 0. The number of anilines is 1. The summed E-state index contributed by atoms with van der Waals surface area (Å²) in [7, 11) is -4.50. The molecule has 0 heterocycles. The van der Waals surface area contributed by atoms with Crippen molar-refractivity contribution < 1.29 is 57.2 Å². The van der Waals surface area contributed by atoms with Gasteiger partial charge in [-0.3, -0.25) is 9.35 Å². The molecule has 0 unspecified atom stereocenters. The maximum absolute atomic E-state index is 13.5. The fraction of sp³-hybridized carbons (Fsp3) is 0.148. The molecule has 4 rings (SSSR count). The summed E-state index contributed by atoms with van der Waals surface area (Å²) in [5, 5.41) is 25.6. The number of carbonyl (C=O) groups excluding carboxylic acids is 1. The average molecular weight is 610 g/mol. The zero-order chi connectivity index (χ0) is 28.3. The van der Waals surface area contributed by atoms with Gasteiger partial charge in [-0.25, -0.2) is 0 Å². The summed E-state index contributed by atoms with van der Waals surface area (Å²) < 4.78 is 38.0. The average Bonchev–Trinajstić information content (AvgIpc) is 2.90. The van der Waals surface area contributed by atoms with Crippen molar-refractivity contribution in [3.05, 3.63) is 81.8 Å². The smallest absolute Gasteiger partial charge is 0.870 e. The van der Waals surface area contributed by atoms with Crippen LogP contribution in [0.4, 0.5) is 17.1 Å². The summed E-state index contributed by atoms with van der Waals surface area (Å²) in [5.74, 6) is -1.01. The number of halogens is 2. The number of nitrogens with one attached hydrogen (secondary N) is 1. The van der Waals surface area contributed by atoms with Crippen LogP contribution >= 0.6 is 23.2 Å². The molecular weight excluding hydrogens is 588 g/mol. The number of azo groups is 1. The van der Waals surface area contributed by atoms with E-state index in [1.165, 1.54) is 12.1 Å². The van der Waals surface area contributed by atoms with Crippen molar-refractivity contribution in [2.75, 3.05) is 11.9 Å². The second-order valence-corrected chi connectivity index (χ2v) is 10.5. The molecule has 0 saturated carbocycles. The van der Waals surface area contributed by atoms with Crippen LogP contribution in [0.5, 0.6) is 11.5 Å². The third-order valence-electron chi connectivity index (χ3n) is 5.78. The minimum atomic E-state index is -4.50. The van der Waals surface area contributed by atoms with Gasteiger partial charge in [-0.1, -0.05) is 66.2 Å². The van der Waals surface area contributed by atoms with Gasteiger partial charge in [0.25, 0.3) is 16.0 Å². The Morgan fingerprint density at radius 3 is 2.40 bits per heavy atom. The van der Waals surface area contributed by atoms with Crippen molar-refractivity contribution in [1.82, 2.24) is 0 Å². The molecule has 40 heavy (non-hydrogen) atoms. The Balaban J connectivity index is 0.00000441. The summed E-state index contributed by atoms with van der Waals surface area (Å²) in [6.45, 7) is 3.92. The van der Waals surface area contributed by atoms with Crippen molar-refractivity contribution >= 4 is 67.1 Å². The number of amides is 1. The summed E-state index contributed by atoms with van der Waals surface area (Å²) >= 11 is 12.6. The van der Waals surface area contributed by atoms with Crippen molar-refractivity contribution in [1.29, 1.82) is 0 Å². The molecule has 0 atom stereocenters. The molecule has 0 radical (unpaired) electrons. The van der Waals surface area contributed by atoms with Crippen LogP contribution in [0.3, 0.4) is 0 Å². The van der Waals surface area contributed by atoms with Gasteiger partial charge in [0, 0.05) is 10.9 Å². The van der Waals surface area contributed by atoms with Gasteiger partial charge in [0.05, 0.1) is 27.9 Å². The summed E-state index contributed by atoms with van der Waals surface area (Å²) in [4.78, 5) is 12.8. The molecule has 0 aromatic heterocycles. The van der Waals surface area contributed by atoms with E-state index in [0.29, 0.717) is 35.1 Å². The monoisotopic (exact) mass is 609 g/mol. The van der Waals surface area contributed by atoms with Gasteiger partial charge in [0.2, 0.25) is 0 Å². The molecule has 0 spiro atoms. The molecule has 1 amide bonds. The number of ether oxygens (including phenoxy) is 1. The molecule has 4 aromatic rings. The first-order valence-electron chi connectivity index (χ1n) is 11.7. The summed E-state index contributed by atoms with van der Waals surface area (Å²) in [5.41, 5.74) is 0.480. The van der Waals surface area contributed by atoms with Crippen LogP contribution in [0.15, 0.2) is 75.8 Å². The van der Waals surface area contributed by atoms with E-state index in [2.05, 4.69) is 15.5 Å². The van der Waals surface area contributed by atoms with Gasteiger partial charge < -0.3 is 15.2 Å². The van der Waals surface area contributed by atoms with E-state index < -0.39 is 21.8 Å². The molecule has 0 aliphatic rings. The Hall–Kier alpha value is -2.70. The summed E-state index contributed by atoms with van der Waals surface area (Å²) in [6, 6.07) is 15.5. The predicted octanol–water partition coefficient (Wildman–Crippen LogP) is 4.10. The molecule has 202 valence electrons. The van der Waals surface area contributed by atoms with Crippen LogP contribution in [0.25, 0.3) is 10.8 Å². The fourth-order valence-corrected chi connectivity index (χ4v) is 5.03. The van der Waals surface area contributed by atoms with Gasteiger partial charge in [-0.05, 0) is 54.6 Å². The molecule has 0 saturated heterocycles. The van der Waals surface area contributed by atoms with E-state index in [0.717, 1.165) is 6.07 Å². The topological polar surface area (TPSA) is 140 Å². The molecular formula is C27H22Cl2N3NaO6S. The SMILES string of the molecule is CCOc1cccc(NC(=O)c2cc3ccccc3c(N=Nc3c(Cl)cc(S(=O)(=O)O)cc3CC)c2[O-])c1Cl.[Na+]. The Morgan fingerprint density at radius 2 is 1.73 bits per heavy atom. The number of aryl methyl sites for hydroxylation is 1. The van der Waals surface area contributed by atoms with Gasteiger partial charge in [-0.2, -0.15) is 13.5 Å². The zero-order valence-electron chi connectivity index (χ0n) is 21.7. The zero-order valence-corrected chi connectivity index (χ0v) is 26.1. The van der Waals surface area contributed by atoms with Crippen LogP contribution in [0, 0.1) is 0 Å². The first kappa shape index (κ1) is 31.8. The van der Waals surface area contributed by atoms with Crippen LogP contribution in [-0.2, 0) is 16.5 Å². The molecule has 0 fully saturated rings. The van der Waals surface area contributed by atoms with Gasteiger partial charge >= 0.3 is 29.6 Å². The number of nitrogens with zero attached hydrogens (tertiary/aromatic N) is 2. The maximum atomic E-state index is 13.5. The van der Waals surface area contributed by atoms with E-state index in [9.17, 15) is 22.9 Å². The van der Waals surface area contributed by atoms with Crippen molar-refractivity contribution in [2.24, 2.45) is 10.2 Å². The van der Waals surface area contributed by atoms with Gasteiger partial charge in [0.15, 0.2) is 0 Å². The van der Waals surface area contributed by atoms with Crippen LogP contribution in [0.1, 0.15) is 29.8 Å². The fourth-order valence-electron chi connectivity index (χ4n) is 3.90. The molecule has 4 aromatic carbocycles. The molecule has 13 heteroatoms. The predicted molar refractivity (Wildman–Crippen MR) is 149 cm³/mol. The third kappa shape index (κ3) is 6.77. The Morgan fingerprint density at radius 1 is 1.02 bits per heavy atom. The Labute approximate surface area is 263 Å². The van der Waals surface area contributed by atoms with Crippen LogP contribution < -0.4 is 44.7 Å². The number of fused-ring (bicyclic) bond motifs is 1. The van der Waals surface area contributed by atoms with Crippen molar-refractivity contribution in [2.45, 2.75) is 25.2 Å². The third-order valence-corrected chi connectivity index (χ3v) is 7.29.